The average Bonchev–Trinajstić information content (AvgIpc) is 3.19. The number of aryl methyl sites for hydroxylation is 1. The maximum absolute atomic E-state index is 12.5. The van der Waals surface area contributed by atoms with Crippen LogP contribution in [0.3, 0.4) is 0 Å². The zero-order valence-corrected chi connectivity index (χ0v) is 12.3. The van der Waals surface area contributed by atoms with Crippen LogP contribution < -0.4 is 0 Å². The fraction of sp³-hybridized carbons (Fsp3) is 0.438. The minimum absolute atomic E-state index is 0.112. The predicted octanol–water partition coefficient (Wildman–Crippen LogP) is 2.32. The van der Waals surface area contributed by atoms with Crippen LogP contribution in [0.2, 0.25) is 0 Å². The van der Waals surface area contributed by atoms with Gasteiger partial charge in [0, 0.05) is 24.8 Å². The quantitative estimate of drug-likeness (QED) is 0.865. The number of likely N-dealkylation sites (tertiary alicyclic amines) is 1. The predicted molar refractivity (Wildman–Crippen MR) is 80.0 cm³/mol. The molecular weight excluding hydrogens is 264 g/mol. The van der Waals surface area contributed by atoms with E-state index in [9.17, 15) is 4.79 Å². The van der Waals surface area contributed by atoms with Crippen molar-refractivity contribution in [1.82, 2.24) is 19.9 Å². The summed E-state index contributed by atoms with van der Waals surface area (Å²) in [4.78, 5) is 14.4. The second-order valence-electron chi connectivity index (χ2n) is 5.52. The minimum atomic E-state index is 0.112. The SMILES string of the molecule is CCCc1ccc(C(=O)N2CCC(n3ccnn3)C2)cc1. The molecule has 0 radical (unpaired) electrons. The van der Waals surface area contributed by atoms with Crippen LogP contribution in [0.15, 0.2) is 36.7 Å². The number of rotatable bonds is 4. The van der Waals surface area contributed by atoms with Crippen molar-refractivity contribution in [3.8, 4) is 0 Å². The van der Waals surface area contributed by atoms with Crippen molar-refractivity contribution in [3.05, 3.63) is 47.8 Å². The van der Waals surface area contributed by atoms with Gasteiger partial charge in [-0.25, -0.2) is 4.68 Å². The van der Waals surface area contributed by atoms with E-state index in [0.29, 0.717) is 6.54 Å². The van der Waals surface area contributed by atoms with Crippen LogP contribution in [0.5, 0.6) is 0 Å². The molecule has 3 rings (SSSR count). The summed E-state index contributed by atoms with van der Waals surface area (Å²) in [6.45, 7) is 3.65. The highest BCUT2D eigenvalue weighted by Crippen LogP contribution is 2.22. The summed E-state index contributed by atoms with van der Waals surface area (Å²) in [5, 5.41) is 7.86. The molecule has 1 atom stereocenters. The topological polar surface area (TPSA) is 51.0 Å². The fourth-order valence-corrected chi connectivity index (χ4v) is 2.84. The summed E-state index contributed by atoms with van der Waals surface area (Å²) in [7, 11) is 0. The minimum Gasteiger partial charge on any atom is -0.336 e. The smallest absolute Gasteiger partial charge is 0.253 e. The number of nitrogens with zero attached hydrogens (tertiary/aromatic N) is 4. The Bertz CT molecular complexity index is 591. The third kappa shape index (κ3) is 2.96. The maximum Gasteiger partial charge on any atom is 0.253 e. The number of aromatic nitrogens is 3. The van der Waals surface area contributed by atoms with E-state index in [1.807, 2.05) is 27.9 Å². The van der Waals surface area contributed by atoms with Crippen LogP contribution in [-0.4, -0.2) is 38.9 Å². The fourth-order valence-electron chi connectivity index (χ4n) is 2.84. The van der Waals surface area contributed by atoms with E-state index < -0.39 is 0 Å². The molecular formula is C16H20N4O. The van der Waals surface area contributed by atoms with Gasteiger partial charge in [-0.3, -0.25) is 4.79 Å². The third-order valence-corrected chi connectivity index (χ3v) is 4.01. The van der Waals surface area contributed by atoms with Crippen LogP contribution in [0.4, 0.5) is 0 Å². The Morgan fingerprint density at radius 2 is 2.14 bits per heavy atom. The molecule has 1 unspecified atom stereocenters. The van der Waals surface area contributed by atoms with E-state index in [1.54, 1.807) is 6.20 Å². The summed E-state index contributed by atoms with van der Waals surface area (Å²) in [6, 6.07) is 8.24. The van der Waals surface area contributed by atoms with Gasteiger partial charge in [-0.15, -0.1) is 5.10 Å². The summed E-state index contributed by atoms with van der Waals surface area (Å²) in [5.74, 6) is 0.112. The molecule has 1 aliphatic rings. The van der Waals surface area contributed by atoms with Gasteiger partial charge < -0.3 is 4.90 Å². The molecule has 1 amide bonds. The lowest BCUT2D eigenvalue weighted by Gasteiger charge is -2.16. The molecule has 1 aromatic heterocycles. The van der Waals surface area contributed by atoms with E-state index in [2.05, 4.69) is 29.4 Å². The van der Waals surface area contributed by atoms with Crippen molar-refractivity contribution in [3.63, 3.8) is 0 Å². The van der Waals surface area contributed by atoms with Gasteiger partial charge in [0.25, 0.3) is 5.91 Å². The van der Waals surface area contributed by atoms with Gasteiger partial charge in [0.15, 0.2) is 0 Å². The van der Waals surface area contributed by atoms with Crippen LogP contribution >= 0.6 is 0 Å². The Hall–Kier alpha value is -2.17. The van der Waals surface area contributed by atoms with Gasteiger partial charge in [-0.05, 0) is 30.5 Å². The first-order valence-electron chi connectivity index (χ1n) is 7.52. The highest BCUT2D eigenvalue weighted by Gasteiger charge is 2.28. The Kier molecular flexibility index (Phi) is 3.99. The molecule has 0 N–H and O–H groups in total. The maximum atomic E-state index is 12.5. The van der Waals surface area contributed by atoms with Crippen molar-refractivity contribution < 1.29 is 4.79 Å². The number of carbonyl (C=O) groups is 1. The number of amides is 1. The molecule has 2 heterocycles. The van der Waals surface area contributed by atoms with Gasteiger partial charge in [-0.1, -0.05) is 30.7 Å². The highest BCUT2D eigenvalue weighted by atomic mass is 16.2. The molecule has 0 saturated carbocycles. The third-order valence-electron chi connectivity index (χ3n) is 4.01. The molecule has 0 bridgehead atoms. The molecule has 21 heavy (non-hydrogen) atoms. The second kappa shape index (κ2) is 6.08. The van der Waals surface area contributed by atoms with Crippen molar-refractivity contribution in [1.29, 1.82) is 0 Å². The monoisotopic (exact) mass is 284 g/mol. The number of hydrogen-bond acceptors (Lipinski definition) is 3. The molecule has 1 saturated heterocycles. The van der Waals surface area contributed by atoms with Gasteiger partial charge in [0.1, 0.15) is 0 Å². The van der Waals surface area contributed by atoms with Gasteiger partial charge in [0.05, 0.1) is 12.2 Å². The van der Waals surface area contributed by atoms with E-state index in [0.717, 1.165) is 31.4 Å². The highest BCUT2D eigenvalue weighted by molar-refractivity contribution is 5.94. The largest absolute Gasteiger partial charge is 0.336 e. The van der Waals surface area contributed by atoms with Crippen molar-refractivity contribution in [2.75, 3.05) is 13.1 Å². The zero-order valence-electron chi connectivity index (χ0n) is 12.3. The van der Waals surface area contributed by atoms with Gasteiger partial charge in [0.2, 0.25) is 0 Å². The standard InChI is InChI=1S/C16H20N4O/c1-2-3-13-4-6-14(7-5-13)16(21)19-10-8-15(12-19)20-11-9-17-18-20/h4-7,9,11,15H,2-3,8,10,12H2,1H3. The van der Waals surface area contributed by atoms with Gasteiger partial charge >= 0.3 is 0 Å². The summed E-state index contributed by atoms with van der Waals surface area (Å²) >= 11 is 0. The molecule has 5 heteroatoms. The van der Waals surface area contributed by atoms with Crippen LogP contribution in [0.25, 0.3) is 0 Å². The average molecular weight is 284 g/mol. The summed E-state index contributed by atoms with van der Waals surface area (Å²) in [6.07, 6.45) is 6.66. The van der Waals surface area contributed by atoms with E-state index in [-0.39, 0.29) is 11.9 Å². The zero-order chi connectivity index (χ0) is 14.7. The van der Waals surface area contributed by atoms with Gasteiger partial charge in [-0.2, -0.15) is 0 Å². The first-order chi connectivity index (χ1) is 10.3. The van der Waals surface area contributed by atoms with Crippen molar-refractivity contribution in [2.24, 2.45) is 0 Å². The van der Waals surface area contributed by atoms with Crippen LogP contribution in [0.1, 0.15) is 41.7 Å². The number of benzene rings is 1. The lowest BCUT2D eigenvalue weighted by Crippen LogP contribution is -2.29. The van der Waals surface area contributed by atoms with Crippen LogP contribution in [-0.2, 0) is 6.42 Å². The molecule has 0 aliphatic carbocycles. The number of hydrogen-bond donors (Lipinski definition) is 0. The Labute approximate surface area is 124 Å². The summed E-state index contributed by atoms with van der Waals surface area (Å²) in [5.41, 5.74) is 2.06. The Morgan fingerprint density at radius 1 is 1.33 bits per heavy atom. The Balaban J connectivity index is 1.66. The number of carbonyl (C=O) groups excluding carboxylic acids is 1. The first kappa shape index (κ1) is 13.8. The molecule has 1 aliphatic heterocycles. The Morgan fingerprint density at radius 3 is 2.81 bits per heavy atom. The molecule has 0 spiro atoms. The molecule has 1 aromatic carbocycles. The first-order valence-corrected chi connectivity index (χ1v) is 7.52. The van der Waals surface area contributed by atoms with E-state index >= 15 is 0 Å². The summed E-state index contributed by atoms with van der Waals surface area (Å²) < 4.78 is 1.84. The van der Waals surface area contributed by atoms with E-state index in [1.165, 1.54) is 5.56 Å². The molecule has 2 aromatic rings. The normalized spacial score (nSPS) is 18.1. The lowest BCUT2D eigenvalue weighted by molar-refractivity contribution is 0.0787. The molecule has 1 fully saturated rings. The van der Waals surface area contributed by atoms with Crippen molar-refractivity contribution in [2.45, 2.75) is 32.2 Å². The van der Waals surface area contributed by atoms with Crippen LogP contribution in [0, 0.1) is 0 Å². The lowest BCUT2D eigenvalue weighted by atomic mass is 10.1. The van der Waals surface area contributed by atoms with Crippen molar-refractivity contribution >= 4 is 5.91 Å². The van der Waals surface area contributed by atoms with E-state index in [4.69, 9.17) is 0 Å². The molecule has 5 nitrogen and oxygen atoms in total. The second-order valence-corrected chi connectivity index (χ2v) is 5.52. The molecule has 110 valence electrons.